The second-order valence-electron chi connectivity index (χ2n) is 5.39. The van der Waals surface area contributed by atoms with Gasteiger partial charge in [-0.15, -0.1) is 0 Å². The zero-order valence-electron chi connectivity index (χ0n) is 12.8. The van der Waals surface area contributed by atoms with Crippen LogP contribution in [0.25, 0.3) is 0 Å². The highest BCUT2D eigenvalue weighted by Crippen LogP contribution is 2.21. The molecular formula is C13H23N7O. The average molecular weight is 293 g/mol. The van der Waals surface area contributed by atoms with Gasteiger partial charge >= 0.3 is 0 Å². The second-order valence-corrected chi connectivity index (χ2v) is 5.39. The topological polar surface area (TPSA) is 100 Å². The number of carbonyl (C=O) groups excluding carboxylic acids is 1. The molecule has 2 heterocycles. The standard InChI is InChI=1S/C13H23N7O/c1-9(2)20(8-10(14)21)13-17-11(15-3)16-12(18-13)19-6-4-5-7-19/h9H,4-8H2,1-3H3,(H2,14,21)(H,15,16,17,18). The fourth-order valence-corrected chi connectivity index (χ4v) is 2.30. The maximum absolute atomic E-state index is 11.3. The second kappa shape index (κ2) is 6.55. The van der Waals surface area contributed by atoms with Crippen molar-refractivity contribution in [2.45, 2.75) is 32.7 Å². The summed E-state index contributed by atoms with van der Waals surface area (Å²) in [5, 5.41) is 2.95. The molecule has 0 saturated carbocycles. The van der Waals surface area contributed by atoms with E-state index in [9.17, 15) is 4.79 Å². The smallest absolute Gasteiger partial charge is 0.237 e. The molecule has 0 atom stereocenters. The summed E-state index contributed by atoms with van der Waals surface area (Å²) in [7, 11) is 1.76. The molecular weight excluding hydrogens is 270 g/mol. The van der Waals surface area contributed by atoms with Crippen LogP contribution in [0.2, 0.25) is 0 Å². The van der Waals surface area contributed by atoms with Crippen LogP contribution in [0, 0.1) is 0 Å². The van der Waals surface area contributed by atoms with Crippen LogP contribution in [0.1, 0.15) is 26.7 Å². The van der Waals surface area contributed by atoms with Gasteiger partial charge in [-0.3, -0.25) is 4.79 Å². The number of anilines is 3. The van der Waals surface area contributed by atoms with Crippen LogP contribution in [0.3, 0.4) is 0 Å². The first-order chi connectivity index (χ1) is 10.0. The predicted octanol–water partition coefficient (Wildman–Crippen LogP) is 0.214. The third-order valence-corrected chi connectivity index (χ3v) is 3.43. The molecule has 116 valence electrons. The van der Waals surface area contributed by atoms with E-state index in [1.807, 2.05) is 13.8 Å². The summed E-state index contributed by atoms with van der Waals surface area (Å²) in [6.07, 6.45) is 2.29. The minimum Gasteiger partial charge on any atom is -0.368 e. The Labute approximate surface area is 124 Å². The molecule has 0 radical (unpaired) electrons. The Morgan fingerprint density at radius 2 is 2.00 bits per heavy atom. The average Bonchev–Trinajstić information content (AvgIpc) is 2.98. The molecule has 3 N–H and O–H groups in total. The molecule has 1 fully saturated rings. The van der Waals surface area contributed by atoms with Gasteiger partial charge in [0, 0.05) is 26.2 Å². The van der Waals surface area contributed by atoms with Crippen molar-refractivity contribution in [1.29, 1.82) is 0 Å². The lowest BCUT2D eigenvalue weighted by Gasteiger charge is -2.26. The van der Waals surface area contributed by atoms with Crippen LogP contribution in [-0.4, -0.2) is 53.6 Å². The third kappa shape index (κ3) is 3.71. The van der Waals surface area contributed by atoms with E-state index in [-0.39, 0.29) is 12.6 Å². The molecule has 0 aliphatic carbocycles. The Balaban J connectivity index is 2.35. The summed E-state index contributed by atoms with van der Waals surface area (Å²) in [6.45, 7) is 5.93. The number of primary amides is 1. The number of nitrogens with two attached hydrogens (primary N) is 1. The molecule has 8 heteroatoms. The van der Waals surface area contributed by atoms with E-state index < -0.39 is 5.91 Å². The number of amides is 1. The predicted molar refractivity (Wildman–Crippen MR) is 82.5 cm³/mol. The van der Waals surface area contributed by atoms with E-state index in [0.29, 0.717) is 17.8 Å². The summed E-state index contributed by atoms with van der Waals surface area (Å²) >= 11 is 0. The highest BCUT2D eigenvalue weighted by atomic mass is 16.1. The van der Waals surface area contributed by atoms with Crippen molar-refractivity contribution in [3.05, 3.63) is 0 Å². The molecule has 21 heavy (non-hydrogen) atoms. The highest BCUT2D eigenvalue weighted by molar-refractivity contribution is 5.79. The lowest BCUT2D eigenvalue weighted by atomic mass is 10.3. The van der Waals surface area contributed by atoms with Crippen LogP contribution >= 0.6 is 0 Å². The summed E-state index contributed by atoms with van der Waals surface area (Å²) in [5.41, 5.74) is 5.32. The van der Waals surface area contributed by atoms with Gasteiger partial charge in [0.15, 0.2) is 0 Å². The molecule has 0 aromatic carbocycles. The van der Waals surface area contributed by atoms with Crippen LogP contribution in [0.15, 0.2) is 0 Å². The van der Waals surface area contributed by atoms with E-state index in [1.54, 1.807) is 11.9 Å². The Morgan fingerprint density at radius 1 is 1.33 bits per heavy atom. The first-order valence-electron chi connectivity index (χ1n) is 7.25. The molecule has 1 aromatic rings. The zero-order chi connectivity index (χ0) is 15.4. The van der Waals surface area contributed by atoms with Crippen molar-refractivity contribution in [3.8, 4) is 0 Å². The molecule has 1 aliphatic heterocycles. The molecule has 2 rings (SSSR count). The summed E-state index contributed by atoms with van der Waals surface area (Å²) in [5.74, 6) is 1.22. The quantitative estimate of drug-likeness (QED) is 0.773. The Kier molecular flexibility index (Phi) is 4.77. The fraction of sp³-hybridized carbons (Fsp3) is 0.692. The number of carbonyl (C=O) groups is 1. The summed E-state index contributed by atoms with van der Waals surface area (Å²) in [4.78, 5) is 28.5. The molecule has 1 saturated heterocycles. The van der Waals surface area contributed by atoms with Gasteiger partial charge in [-0.1, -0.05) is 0 Å². The maximum atomic E-state index is 11.3. The third-order valence-electron chi connectivity index (χ3n) is 3.43. The van der Waals surface area contributed by atoms with Crippen molar-refractivity contribution in [2.24, 2.45) is 5.73 Å². The lowest BCUT2D eigenvalue weighted by molar-refractivity contribution is -0.116. The lowest BCUT2D eigenvalue weighted by Crippen LogP contribution is -2.40. The normalized spacial score (nSPS) is 14.6. The largest absolute Gasteiger partial charge is 0.368 e. The van der Waals surface area contributed by atoms with E-state index in [1.165, 1.54) is 0 Å². The number of hydrogen-bond acceptors (Lipinski definition) is 7. The molecule has 1 aliphatic rings. The number of nitrogens with one attached hydrogen (secondary N) is 1. The molecule has 0 bridgehead atoms. The number of hydrogen-bond donors (Lipinski definition) is 2. The van der Waals surface area contributed by atoms with Gasteiger partial charge in [-0.2, -0.15) is 15.0 Å². The summed E-state index contributed by atoms with van der Waals surface area (Å²) < 4.78 is 0. The molecule has 1 aromatic heterocycles. The minimum atomic E-state index is -0.405. The molecule has 0 unspecified atom stereocenters. The molecule has 8 nitrogen and oxygen atoms in total. The van der Waals surface area contributed by atoms with Crippen molar-refractivity contribution in [2.75, 3.05) is 41.8 Å². The Hall–Kier alpha value is -2.12. The number of nitrogens with zero attached hydrogens (tertiary/aromatic N) is 5. The van der Waals surface area contributed by atoms with Crippen molar-refractivity contribution >= 4 is 23.8 Å². The van der Waals surface area contributed by atoms with Gasteiger partial charge in [0.05, 0.1) is 6.54 Å². The van der Waals surface area contributed by atoms with Gasteiger partial charge < -0.3 is 20.9 Å². The fourth-order valence-electron chi connectivity index (χ4n) is 2.30. The van der Waals surface area contributed by atoms with Crippen molar-refractivity contribution in [1.82, 2.24) is 15.0 Å². The van der Waals surface area contributed by atoms with Crippen LogP contribution in [-0.2, 0) is 4.79 Å². The van der Waals surface area contributed by atoms with Gasteiger partial charge in [-0.05, 0) is 26.7 Å². The Morgan fingerprint density at radius 3 is 2.52 bits per heavy atom. The van der Waals surface area contributed by atoms with E-state index in [2.05, 4.69) is 25.2 Å². The molecule has 1 amide bonds. The van der Waals surface area contributed by atoms with E-state index in [0.717, 1.165) is 25.9 Å². The SMILES string of the molecule is CNc1nc(N2CCCC2)nc(N(CC(N)=O)C(C)C)n1. The van der Waals surface area contributed by atoms with Crippen LogP contribution in [0.4, 0.5) is 17.8 Å². The Bertz CT molecular complexity index is 499. The van der Waals surface area contributed by atoms with Gasteiger partial charge in [-0.25, -0.2) is 0 Å². The van der Waals surface area contributed by atoms with E-state index >= 15 is 0 Å². The monoisotopic (exact) mass is 293 g/mol. The number of rotatable bonds is 6. The van der Waals surface area contributed by atoms with Gasteiger partial charge in [0.25, 0.3) is 0 Å². The molecule has 0 spiro atoms. The summed E-state index contributed by atoms with van der Waals surface area (Å²) in [6, 6.07) is 0.0658. The van der Waals surface area contributed by atoms with Gasteiger partial charge in [0.2, 0.25) is 23.8 Å². The highest BCUT2D eigenvalue weighted by Gasteiger charge is 2.21. The van der Waals surface area contributed by atoms with Crippen LogP contribution in [0.5, 0.6) is 0 Å². The number of aromatic nitrogens is 3. The van der Waals surface area contributed by atoms with E-state index in [4.69, 9.17) is 5.73 Å². The zero-order valence-corrected chi connectivity index (χ0v) is 12.8. The minimum absolute atomic E-state index is 0.0658. The van der Waals surface area contributed by atoms with Gasteiger partial charge in [0.1, 0.15) is 0 Å². The van der Waals surface area contributed by atoms with Crippen molar-refractivity contribution < 1.29 is 4.79 Å². The van der Waals surface area contributed by atoms with Crippen LogP contribution < -0.4 is 20.9 Å². The first-order valence-corrected chi connectivity index (χ1v) is 7.25. The first kappa shape index (κ1) is 15.3. The maximum Gasteiger partial charge on any atom is 0.237 e. The van der Waals surface area contributed by atoms with Crippen molar-refractivity contribution in [3.63, 3.8) is 0 Å².